The van der Waals surface area contributed by atoms with Gasteiger partial charge in [0.25, 0.3) is 0 Å². The van der Waals surface area contributed by atoms with Gasteiger partial charge in [0.15, 0.2) is 0 Å². The lowest BCUT2D eigenvalue weighted by Crippen LogP contribution is -2.39. The summed E-state index contributed by atoms with van der Waals surface area (Å²) in [6.45, 7) is 0. The molecule has 0 saturated heterocycles. The van der Waals surface area contributed by atoms with Crippen LogP contribution in [0.2, 0.25) is 0 Å². The van der Waals surface area contributed by atoms with Gasteiger partial charge in [-0.3, -0.25) is 0 Å². The normalized spacial score (nSPS) is 11.6. The van der Waals surface area contributed by atoms with Crippen LogP contribution >= 0.6 is 36.1 Å². The van der Waals surface area contributed by atoms with E-state index in [2.05, 4.69) is 12.6 Å². The van der Waals surface area contributed by atoms with E-state index in [-0.39, 0.29) is 0 Å². The Morgan fingerprint density at radius 3 is 1.73 bits per heavy atom. The van der Waals surface area contributed by atoms with Crippen molar-refractivity contribution in [3.8, 4) is 0 Å². The number of hydrogen-bond acceptors (Lipinski definition) is 5. The standard InChI is InChI=1S/C4H10O3S3Si/c1-5-11(6-2,7-3)10-4(8)9/h1-3H3,(H,8,9). The van der Waals surface area contributed by atoms with Crippen molar-refractivity contribution in [3.63, 3.8) is 0 Å². The molecule has 7 heteroatoms. The lowest BCUT2D eigenvalue weighted by atomic mass is 11.8. The highest BCUT2D eigenvalue weighted by Crippen LogP contribution is 2.25. The van der Waals surface area contributed by atoms with Gasteiger partial charge < -0.3 is 13.3 Å². The van der Waals surface area contributed by atoms with Gasteiger partial charge in [0, 0.05) is 21.3 Å². The van der Waals surface area contributed by atoms with Gasteiger partial charge in [-0.25, -0.2) is 0 Å². The fourth-order valence-electron chi connectivity index (χ4n) is 0.482. The smallest absolute Gasteiger partial charge is 0.368 e. The molecule has 0 heterocycles. The minimum Gasteiger partial charge on any atom is -0.368 e. The van der Waals surface area contributed by atoms with E-state index in [1.54, 1.807) is 0 Å². The van der Waals surface area contributed by atoms with E-state index in [9.17, 15) is 0 Å². The van der Waals surface area contributed by atoms with E-state index in [1.165, 1.54) is 32.5 Å². The minimum atomic E-state index is -2.58. The second kappa shape index (κ2) is 5.52. The summed E-state index contributed by atoms with van der Waals surface area (Å²) in [4.78, 5) is 0. The van der Waals surface area contributed by atoms with Gasteiger partial charge in [-0.1, -0.05) is 12.2 Å². The van der Waals surface area contributed by atoms with Gasteiger partial charge in [0.1, 0.15) is 3.53 Å². The highest BCUT2D eigenvalue weighted by Gasteiger charge is 2.40. The molecular formula is C4H10O3S3Si. The van der Waals surface area contributed by atoms with Gasteiger partial charge >= 0.3 is 7.95 Å². The first-order valence-corrected chi connectivity index (χ1v) is 6.79. The monoisotopic (exact) mass is 230 g/mol. The molecule has 0 bridgehead atoms. The predicted molar refractivity (Wildman–Crippen MR) is 56.0 cm³/mol. The molecule has 0 spiro atoms. The van der Waals surface area contributed by atoms with Crippen molar-refractivity contribution in [1.82, 2.24) is 0 Å². The summed E-state index contributed by atoms with van der Waals surface area (Å²) in [6, 6.07) is 0. The molecule has 0 radical (unpaired) electrons. The third-order valence-electron chi connectivity index (χ3n) is 0.962. The molecule has 0 atom stereocenters. The third kappa shape index (κ3) is 3.88. The summed E-state index contributed by atoms with van der Waals surface area (Å²) >= 11 is 9.92. The number of hydrogen-bond donors (Lipinski definition) is 1. The molecule has 0 aromatic rings. The first-order valence-electron chi connectivity index (χ1n) is 2.67. The minimum absolute atomic E-state index is 0.460. The van der Waals surface area contributed by atoms with Gasteiger partial charge in [-0.2, -0.15) is 0 Å². The first kappa shape index (κ1) is 11.9. The van der Waals surface area contributed by atoms with E-state index < -0.39 is 7.95 Å². The molecule has 0 aromatic heterocycles. The lowest BCUT2D eigenvalue weighted by Gasteiger charge is -2.21. The van der Waals surface area contributed by atoms with Gasteiger partial charge in [-0.05, 0) is 11.2 Å². The van der Waals surface area contributed by atoms with Crippen molar-refractivity contribution in [2.75, 3.05) is 21.3 Å². The van der Waals surface area contributed by atoms with Gasteiger partial charge in [0.05, 0.1) is 0 Å². The fourth-order valence-corrected chi connectivity index (χ4v) is 4.76. The van der Waals surface area contributed by atoms with Crippen molar-refractivity contribution in [2.24, 2.45) is 0 Å². The van der Waals surface area contributed by atoms with E-state index in [1.807, 2.05) is 0 Å². The SMILES string of the molecule is CO[Si](OC)(OC)SC(=S)S. The number of thiol groups is 1. The molecule has 0 aliphatic carbocycles. The van der Waals surface area contributed by atoms with Crippen LogP contribution in [-0.2, 0) is 13.3 Å². The van der Waals surface area contributed by atoms with Crippen molar-refractivity contribution >= 4 is 47.5 Å². The van der Waals surface area contributed by atoms with E-state index >= 15 is 0 Å². The maximum absolute atomic E-state index is 5.07. The summed E-state index contributed by atoms with van der Waals surface area (Å²) in [5, 5.41) is 0. The molecule has 0 amide bonds. The third-order valence-corrected chi connectivity index (χ3v) is 7.23. The van der Waals surface area contributed by atoms with Crippen molar-refractivity contribution in [1.29, 1.82) is 0 Å². The molecule has 0 aliphatic rings. The lowest BCUT2D eigenvalue weighted by molar-refractivity contribution is 0.153. The van der Waals surface area contributed by atoms with Crippen LogP contribution in [0.1, 0.15) is 0 Å². The molecule has 0 unspecified atom stereocenters. The maximum atomic E-state index is 5.07. The van der Waals surface area contributed by atoms with Crippen LogP contribution in [0.15, 0.2) is 0 Å². The van der Waals surface area contributed by atoms with Crippen LogP contribution in [0.3, 0.4) is 0 Å². The molecule has 0 N–H and O–H groups in total. The summed E-state index contributed by atoms with van der Waals surface area (Å²) in [6.07, 6.45) is 0. The quantitative estimate of drug-likeness (QED) is 0.446. The van der Waals surface area contributed by atoms with Crippen molar-refractivity contribution in [2.45, 2.75) is 0 Å². The van der Waals surface area contributed by atoms with Gasteiger partial charge in [-0.15, -0.1) is 12.6 Å². The van der Waals surface area contributed by atoms with Crippen LogP contribution in [0.5, 0.6) is 0 Å². The van der Waals surface area contributed by atoms with Crippen molar-refractivity contribution < 1.29 is 13.3 Å². The average Bonchev–Trinajstić information content (AvgIpc) is 2.00. The Balaban J connectivity index is 4.16. The average molecular weight is 230 g/mol. The zero-order valence-corrected chi connectivity index (χ0v) is 10.0. The van der Waals surface area contributed by atoms with Crippen LogP contribution in [-0.4, -0.2) is 32.8 Å². The molecule has 0 aromatic carbocycles. The Morgan fingerprint density at radius 1 is 1.27 bits per heavy atom. The van der Waals surface area contributed by atoms with Crippen LogP contribution in [0.4, 0.5) is 0 Å². The molecule has 3 nitrogen and oxygen atoms in total. The van der Waals surface area contributed by atoms with E-state index in [0.29, 0.717) is 3.53 Å². The Morgan fingerprint density at radius 2 is 1.64 bits per heavy atom. The van der Waals surface area contributed by atoms with Gasteiger partial charge in [0.2, 0.25) is 0 Å². The van der Waals surface area contributed by atoms with Crippen molar-refractivity contribution in [3.05, 3.63) is 0 Å². The second-order valence-electron chi connectivity index (χ2n) is 1.48. The summed E-state index contributed by atoms with van der Waals surface area (Å²) < 4.78 is 15.7. The Kier molecular flexibility index (Phi) is 5.96. The molecular weight excluding hydrogens is 220 g/mol. The Labute approximate surface area is 82.2 Å². The largest absolute Gasteiger partial charge is 0.578 e. The van der Waals surface area contributed by atoms with Crippen LogP contribution < -0.4 is 0 Å². The molecule has 66 valence electrons. The highest BCUT2D eigenvalue weighted by molar-refractivity contribution is 8.53. The molecule has 0 rings (SSSR count). The van der Waals surface area contributed by atoms with E-state index in [4.69, 9.17) is 25.5 Å². The maximum Gasteiger partial charge on any atom is 0.578 e. The Bertz CT molecular complexity index is 130. The Hall–Kier alpha value is 0.887. The molecule has 0 saturated carbocycles. The van der Waals surface area contributed by atoms with Crippen LogP contribution in [0, 0.1) is 0 Å². The summed E-state index contributed by atoms with van der Waals surface area (Å²) in [5.41, 5.74) is 0. The summed E-state index contributed by atoms with van der Waals surface area (Å²) in [7, 11) is 2.00. The zero-order valence-electron chi connectivity index (χ0n) is 6.49. The van der Waals surface area contributed by atoms with E-state index in [0.717, 1.165) is 0 Å². The molecule has 0 aliphatic heterocycles. The highest BCUT2D eigenvalue weighted by atomic mass is 32.4. The van der Waals surface area contributed by atoms with Crippen LogP contribution in [0.25, 0.3) is 0 Å². The molecule has 11 heavy (non-hydrogen) atoms. The number of rotatable bonds is 4. The second-order valence-corrected chi connectivity index (χ2v) is 8.15. The predicted octanol–water partition coefficient (Wildman–Crippen LogP) is 1.31. The molecule has 0 fully saturated rings. The number of thiocarbonyl (C=S) groups is 1. The zero-order chi connectivity index (χ0) is 8.91. The fraction of sp³-hybridized carbons (Fsp3) is 0.750. The topological polar surface area (TPSA) is 27.7 Å². The first-order chi connectivity index (χ1) is 5.10. The summed E-state index contributed by atoms with van der Waals surface area (Å²) in [5.74, 6) is 0.